The molecule has 0 aliphatic rings. The van der Waals surface area contributed by atoms with Crippen LogP contribution in [-0.4, -0.2) is 113 Å². The fourth-order valence-corrected chi connectivity index (χ4v) is 12.4. The van der Waals surface area contributed by atoms with Gasteiger partial charge in [-0.2, -0.15) is 46.8 Å². The lowest BCUT2D eigenvalue weighted by molar-refractivity contribution is 0.0960. The number of rotatable bonds is 26. The SMILES string of the molecule is C=C(C)c1c(F)c(Oc2cc(S(=O)(=O)OC(C)COC)cc3cc(S(=O)(=O)OC(C)COC)ccc23)c(F)c(F)c1-c1c(F)c(F)c(Oc2cc(S(=O)(=O)OC(C)COC)cc3cc(S(=O)(=O)OC(C)COC)ccc23)c(F)c1F. The van der Waals surface area contributed by atoms with Crippen LogP contribution in [-0.2, 0) is 76.2 Å². The number of allylic oxidation sites excluding steroid dienone is 1. The van der Waals surface area contributed by atoms with Crippen molar-refractivity contribution in [2.75, 3.05) is 54.9 Å². The molecular formula is C51H51F7O18S4. The van der Waals surface area contributed by atoms with Crippen LogP contribution >= 0.6 is 0 Å². The first-order valence-electron chi connectivity index (χ1n) is 23.3. The van der Waals surface area contributed by atoms with Crippen molar-refractivity contribution in [3.05, 3.63) is 114 Å². The van der Waals surface area contributed by atoms with Crippen LogP contribution in [0.15, 0.2) is 86.8 Å². The molecule has 0 heterocycles. The van der Waals surface area contributed by atoms with Crippen LogP contribution in [0.2, 0.25) is 0 Å². The molecule has 0 saturated heterocycles. The third kappa shape index (κ3) is 13.6. The van der Waals surface area contributed by atoms with Gasteiger partial charge in [-0.15, -0.1) is 0 Å². The van der Waals surface area contributed by atoms with E-state index in [4.69, 9.17) is 45.2 Å². The lowest BCUT2D eigenvalue weighted by atomic mass is 9.92. The number of hydrogen-bond donors (Lipinski definition) is 0. The average Bonchev–Trinajstić information content (AvgIpc) is 3.54. The first-order chi connectivity index (χ1) is 37.3. The summed E-state index contributed by atoms with van der Waals surface area (Å²) < 4.78 is 275. The summed E-state index contributed by atoms with van der Waals surface area (Å²) >= 11 is 0. The summed E-state index contributed by atoms with van der Waals surface area (Å²) in [5.74, 6) is -22.3. The molecule has 18 nitrogen and oxygen atoms in total. The van der Waals surface area contributed by atoms with E-state index in [-0.39, 0.29) is 48.0 Å². The molecular weight excluding hydrogens is 1160 g/mol. The fourth-order valence-electron chi connectivity index (χ4n) is 7.98. The van der Waals surface area contributed by atoms with E-state index in [0.717, 1.165) is 55.5 Å². The maximum absolute atomic E-state index is 17.0. The molecule has 4 unspecified atom stereocenters. The highest BCUT2D eigenvalue weighted by atomic mass is 32.2. The Hall–Kier alpha value is -5.83. The highest BCUT2D eigenvalue weighted by Gasteiger charge is 2.37. The van der Waals surface area contributed by atoms with Crippen molar-refractivity contribution >= 4 is 67.6 Å². The molecule has 29 heteroatoms. The Balaban J connectivity index is 1.53. The summed E-state index contributed by atoms with van der Waals surface area (Å²) in [7, 11) is -14.1. The van der Waals surface area contributed by atoms with Gasteiger partial charge in [0.25, 0.3) is 40.5 Å². The summed E-state index contributed by atoms with van der Waals surface area (Å²) in [6.07, 6.45) is -4.37. The number of fused-ring (bicyclic) bond motifs is 2. The predicted octanol–water partition coefficient (Wildman–Crippen LogP) is 10.2. The van der Waals surface area contributed by atoms with E-state index < -0.39 is 170 Å². The van der Waals surface area contributed by atoms with Crippen LogP contribution in [0.25, 0.3) is 38.2 Å². The maximum atomic E-state index is 17.0. The van der Waals surface area contributed by atoms with Crippen LogP contribution < -0.4 is 9.47 Å². The number of benzene rings is 6. The molecule has 0 aliphatic heterocycles. The minimum Gasteiger partial charge on any atom is -0.450 e. The Morgan fingerprint density at radius 3 is 1.02 bits per heavy atom. The Kier molecular flexibility index (Phi) is 19.9. The maximum Gasteiger partial charge on any atom is 0.297 e. The first kappa shape index (κ1) is 63.4. The zero-order chi connectivity index (χ0) is 59.6. The van der Waals surface area contributed by atoms with Crippen molar-refractivity contribution in [3.63, 3.8) is 0 Å². The van der Waals surface area contributed by atoms with Gasteiger partial charge in [-0.1, -0.05) is 6.58 Å². The number of ether oxygens (including phenoxy) is 6. The van der Waals surface area contributed by atoms with Gasteiger partial charge < -0.3 is 28.4 Å². The lowest BCUT2D eigenvalue weighted by Gasteiger charge is -2.20. The average molecular weight is 1210 g/mol. The largest absolute Gasteiger partial charge is 0.450 e. The van der Waals surface area contributed by atoms with Gasteiger partial charge in [0.15, 0.2) is 23.3 Å². The van der Waals surface area contributed by atoms with Gasteiger partial charge in [0.2, 0.25) is 29.0 Å². The van der Waals surface area contributed by atoms with E-state index in [0.29, 0.717) is 12.1 Å². The first-order valence-corrected chi connectivity index (χ1v) is 28.9. The molecule has 436 valence electrons. The summed E-state index contributed by atoms with van der Waals surface area (Å²) in [4.78, 5) is -2.81. The van der Waals surface area contributed by atoms with Crippen LogP contribution in [0.4, 0.5) is 30.7 Å². The highest BCUT2D eigenvalue weighted by Crippen LogP contribution is 2.47. The van der Waals surface area contributed by atoms with Crippen LogP contribution in [0, 0.1) is 40.7 Å². The van der Waals surface area contributed by atoms with Gasteiger partial charge in [0.05, 0.1) is 76.0 Å². The molecule has 0 N–H and O–H groups in total. The van der Waals surface area contributed by atoms with Gasteiger partial charge in [-0.05, 0) is 99.5 Å². The van der Waals surface area contributed by atoms with E-state index in [2.05, 4.69) is 6.58 Å². The lowest BCUT2D eigenvalue weighted by Crippen LogP contribution is -2.20. The molecule has 0 fully saturated rings. The van der Waals surface area contributed by atoms with Crippen molar-refractivity contribution in [1.82, 2.24) is 0 Å². The Bertz CT molecular complexity index is 3810. The van der Waals surface area contributed by atoms with Gasteiger partial charge in [0, 0.05) is 62.5 Å². The molecule has 4 atom stereocenters. The third-order valence-corrected chi connectivity index (χ3v) is 16.9. The number of methoxy groups -OCH3 is 4. The molecule has 0 radical (unpaired) electrons. The van der Waals surface area contributed by atoms with Crippen molar-refractivity contribution in [1.29, 1.82) is 0 Å². The molecule has 0 amide bonds. The monoisotopic (exact) mass is 1210 g/mol. The molecule has 0 spiro atoms. The summed E-state index contributed by atoms with van der Waals surface area (Å²) in [6, 6.07) is 8.64. The van der Waals surface area contributed by atoms with Crippen molar-refractivity contribution in [2.45, 2.75) is 78.6 Å². The standard InChI is InChI=1S/C51H51F7O18S4/c1-25(2)40-41(43(52)47(56)50(46(40)55)71-38-19-34(79(63,64)75-28(5)23-69-9)17-30-15-32(11-13-36(30)38)77(59,60)73-26(3)21-67-7)42-44(53)48(57)51(49(58)45(42)54)72-39-20-35(80(65,66)76-29(6)24-70-10)18-31-16-33(12-14-37(31)39)78(61,62)74-27(4)22-68-8/h11-20,26-29H,1,21-24H2,2-10H3. The van der Waals surface area contributed by atoms with Crippen molar-refractivity contribution in [2.24, 2.45) is 0 Å². The van der Waals surface area contributed by atoms with Gasteiger partial charge in [0.1, 0.15) is 11.5 Å². The van der Waals surface area contributed by atoms with Crippen molar-refractivity contribution < 1.29 is 110 Å². The Morgan fingerprint density at radius 1 is 0.425 bits per heavy atom. The second kappa shape index (κ2) is 25.1. The van der Waals surface area contributed by atoms with Crippen molar-refractivity contribution in [3.8, 4) is 34.1 Å². The Morgan fingerprint density at radius 2 is 0.713 bits per heavy atom. The molecule has 80 heavy (non-hydrogen) atoms. The van der Waals surface area contributed by atoms with E-state index in [1.165, 1.54) is 56.1 Å². The molecule has 6 aromatic rings. The molecule has 0 bridgehead atoms. The van der Waals surface area contributed by atoms with Gasteiger partial charge in [-0.3, -0.25) is 16.7 Å². The van der Waals surface area contributed by atoms with E-state index in [1.807, 2.05) is 0 Å². The van der Waals surface area contributed by atoms with Gasteiger partial charge >= 0.3 is 0 Å². The summed E-state index contributed by atoms with van der Waals surface area (Å²) in [5.41, 5.74) is -5.88. The molecule has 0 aromatic heterocycles. The topological polar surface area (TPSA) is 229 Å². The number of halogens is 7. The number of hydrogen-bond acceptors (Lipinski definition) is 18. The fraction of sp³-hybridized carbons (Fsp3) is 0.333. The molecule has 0 aliphatic carbocycles. The normalized spacial score (nSPS) is 14.1. The highest BCUT2D eigenvalue weighted by molar-refractivity contribution is 7.87. The molecule has 6 rings (SSSR count). The molecule has 6 aromatic carbocycles. The predicted molar refractivity (Wildman–Crippen MR) is 273 cm³/mol. The van der Waals surface area contributed by atoms with E-state index >= 15 is 30.7 Å². The second-order valence-corrected chi connectivity index (χ2v) is 24.1. The second-order valence-electron chi connectivity index (χ2n) is 17.8. The van der Waals surface area contributed by atoms with Crippen LogP contribution in [0.3, 0.4) is 0 Å². The zero-order valence-electron chi connectivity index (χ0n) is 43.7. The summed E-state index contributed by atoms with van der Waals surface area (Å²) in [6.45, 7) is 8.79. The smallest absolute Gasteiger partial charge is 0.297 e. The summed E-state index contributed by atoms with van der Waals surface area (Å²) in [5, 5.41) is -1.29. The zero-order valence-corrected chi connectivity index (χ0v) is 47.0. The minimum absolute atomic E-state index is 0.173. The quantitative estimate of drug-likeness (QED) is 0.0279. The van der Waals surface area contributed by atoms with E-state index in [1.54, 1.807) is 0 Å². The van der Waals surface area contributed by atoms with Crippen LogP contribution in [0.1, 0.15) is 40.2 Å². The van der Waals surface area contributed by atoms with Gasteiger partial charge in [-0.25, -0.2) is 17.6 Å². The Labute approximate surface area is 456 Å². The molecule has 0 saturated carbocycles. The van der Waals surface area contributed by atoms with E-state index in [9.17, 15) is 33.7 Å². The van der Waals surface area contributed by atoms with Crippen LogP contribution in [0.5, 0.6) is 23.0 Å². The minimum atomic E-state index is -4.92. The third-order valence-electron chi connectivity index (χ3n) is 11.2.